The van der Waals surface area contributed by atoms with E-state index in [0.29, 0.717) is 45.3 Å². The van der Waals surface area contributed by atoms with Crippen molar-refractivity contribution in [2.45, 2.75) is 50.1 Å². The molecular formula is C20H27FN2O4. The summed E-state index contributed by atoms with van der Waals surface area (Å²) >= 11 is 0. The zero-order chi connectivity index (χ0) is 19.4. The Labute approximate surface area is 159 Å². The molecule has 0 unspecified atom stereocenters. The number of nitrogens with one attached hydrogen (secondary N) is 1. The van der Waals surface area contributed by atoms with E-state index in [1.165, 1.54) is 13.2 Å². The maximum atomic E-state index is 13.7. The van der Waals surface area contributed by atoms with Gasteiger partial charge in [-0.2, -0.15) is 0 Å². The number of amides is 2. The van der Waals surface area contributed by atoms with Crippen LogP contribution in [0.15, 0.2) is 18.2 Å². The normalized spacial score (nSPS) is 24.7. The molecule has 0 spiro atoms. The van der Waals surface area contributed by atoms with Gasteiger partial charge in [0.05, 0.1) is 19.8 Å². The van der Waals surface area contributed by atoms with Crippen LogP contribution in [-0.2, 0) is 20.7 Å². The minimum Gasteiger partial charge on any atom is -0.494 e. The van der Waals surface area contributed by atoms with Crippen molar-refractivity contribution in [1.82, 2.24) is 10.2 Å². The van der Waals surface area contributed by atoms with Crippen molar-refractivity contribution in [3.8, 4) is 5.75 Å². The summed E-state index contributed by atoms with van der Waals surface area (Å²) in [6, 6.07) is 4.87. The fourth-order valence-electron chi connectivity index (χ4n) is 3.94. The lowest BCUT2D eigenvalue weighted by Crippen LogP contribution is -2.45. The lowest BCUT2D eigenvalue weighted by Gasteiger charge is -2.31. The van der Waals surface area contributed by atoms with Crippen LogP contribution in [0.4, 0.5) is 4.39 Å². The van der Waals surface area contributed by atoms with Crippen LogP contribution in [0.3, 0.4) is 0 Å². The SMILES string of the molecule is COc1cc(C[C@]2(CCC(=O)N(C)[C@@H]3CCOC3)CCC(=O)N2)ccc1F. The van der Waals surface area contributed by atoms with E-state index in [9.17, 15) is 14.0 Å². The highest BCUT2D eigenvalue weighted by atomic mass is 19.1. The van der Waals surface area contributed by atoms with Crippen LogP contribution in [0.2, 0.25) is 0 Å². The van der Waals surface area contributed by atoms with Gasteiger partial charge in [0.1, 0.15) is 0 Å². The van der Waals surface area contributed by atoms with Gasteiger partial charge in [-0.3, -0.25) is 9.59 Å². The first kappa shape index (κ1) is 19.6. The summed E-state index contributed by atoms with van der Waals surface area (Å²) in [4.78, 5) is 26.3. The molecule has 0 saturated carbocycles. The summed E-state index contributed by atoms with van der Waals surface area (Å²) in [5.74, 6) is -0.179. The zero-order valence-corrected chi connectivity index (χ0v) is 15.9. The van der Waals surface area contributed by atoms with Gasteiger partial charge < -0.3 is 19.7 Å². The number of rotatable bonds is 7. The smallest absolute Gasteiger partial charge is 0.222 e. The highest BCUT2D eigenvalue weighted by molar-refractivity contribution is 5.80. The molecule has 0 radical (unpaired) electrons. The lowest BCUT2D eigenvalue weighted by molar-refractivity contribution is -0.132. The first-order valence-electron chi connectivity index (χ1n) is 9.39. The second-order valence-electron chi connectivity index (χ2n) is 7.50. The first-order chi connectivity index (χ1) is 12.9. The molecule has 0 bridgehead atoms. The maximum Gasteiger partial charge on any atom is 0.222 e. The monoisotopic (exact) mass is 378 g/mol. The van der Waals surface area contributed by atoms with Gasteiger partial charge >= 0.3 is 0 Å². The van der Waals surface area contributed by atoms with Gasteiger partial charge in [-0.25, -0.2) is 4.39 Å². The van der Waals surface area contributed by atoms with Crippen molar-refractivity contribution in [1.29, 1.82) is 0 Å². The molecule has 1 N–H and O–H groups in total. The van der Waals surface area contributed by atoms with Gasteiger partial charge in [0, 0.05) is 32.0 Å². The molecule has 1 aromatic rings. The quantitative estimate of drug-likeness (QED) is 0.789. The maximum absolute atomic E-state index is 13.7. The molecule has 2 fully saturated rings. The van der Waals surface area contributed by atoms with Crippen LogP contribution in [0.5, 0.6) is 5.75 Å². The van der Waals surface area contributed by atoms with Gasteiger partial charge in [0.15, 0.2) is 11.6 Å². The molecule has 0 aromatic heterocycles. The fraction of sp³-hybridized carbons (Fsp3) is 0.600. The third-order valence-corrected chi connectivity index (χ3v) is 5.66. The molecule has 2 heterocycles. The van der Waals surface area contributed by atoms with E-state index in [0.717, 1.165) is 12.0 Å². The van der Waals surface area contributed by atoms with Gasteiger partial charge in [0.2, 0.25) is 11.8 Å². The number of benzene rings is 1. The Morgan fingerprint density at radius 3 is 2.93 bits per heavy atom. The van der Waals surface area contributed by atoms with Crippen molar-refractivity contribution >= 4 is 11.8 Å². The predicted molar refractivity (Wildman–Crippen MR) is 98.0 cm³/mol. The average Bonchev–Trinajstić information content (AvgIpc) is 3.31. The molecular weight excluding hydrogens is 351 g/mol. The molecule has 3 rings (SSSR count). The number of ether oxygens (including phenoxy) is 2. The second-order valence-corrected chi connectivity index (χ2v) is 7.50. The molecule has 1 aromatic carbocycles. The Hall–Kier alpha value is -2.15. The van der Waals surface area contributed by atoms with Crippen LogP contribution in [0, 0.1) is 5.82 Å². The summed E-state index contributed by atoms with van der Waals surface area (Å²) in [5.41, 5.74) is 0.392. The number of halogens is 1. The Balaban J connectivity index is 1.67. The number of nitrogens with zero attached hydrogens (tertiary/aromatic N) is 1. The minimum absolute atomic E-state index is 0.00549. The highest BCUT2D eigenvalue weighted by Crippen LogP contribution is 2.31. The summed E-state index contributed by atoms with van der Waals surface area (Å²) in [6.07, 6.45) is 3.41. The predicted octanol–water partition coefficient (Wildman–Crippen LogP) is 2.05. The zero-order valence-electron chi connectivity index (χ0n) is 15.9. The molecule has 2 amide bonds. The Bertz CT molecular complexity index is 705. The van der Waals surface area contributed by atoms with Crippen molar-refractivity contribution < 1.29 is 23.5 Å². The van der Waals surface area contributed by atoms with Crippen LogP contribution >= 0.6 is 0 Å². The van der Waals surface area contributed by atoms with Crippen molar-refractivity contribution in [2.75, 3.05) is 27.4 Å². The van der Waals surface area contributed by atoms with Crippen LogP contribution in [0.1, 0.15) is 37.7 Å². The standard InChI is InChI=1S/C20H27FN2O4/c1-23(15-7-10-27-13-15)19(25)6-9-20(8-5-18(24)22-20)12-14-3-4-16(21)17(11-14)26-2/h3-4,11,15H,5-10,12-13H2,1-2H3,(H,22,24)/t15-,20-/m1/s1. The summed E-state index contributed by atoms with van der Waals surface area (Å²) < 4.78 is 24.1. The molecule has 0 aliphatic carbocycles. The van der Waals surface area contributed by atoms with E-state index < -0.39 is 11.4 Å². The molecule has 2 saturated heterocycles. The first-order valence-corrected chi connectivity index (χ1v) is 9.39. The molecule has 7 heteroatoms. The molecule has 2 atom stereocenters. The van der Waals surface area contributed by atoms with Crippen LogP contribution < -0.4 is 10.1 Å². The van der Waals surface area contributed by atoms with Crippen molar-refractivity contribution in [3.05, 3.63) is 29.6 Å². The topological polar surface area (TPSA) is 67.9 Å². The number of hydrogen-bond donors (Lipinski definition) is 1. The van der Waals surface area contributed by atoms with Gasteiger partial charge in [0.25, 0.3) is 0 Å². The third kappa shape index (κ3) is 4.58. The average molecular weight is 378 g/mol. The molecule has 2 aliphatic heterocycles. The number of methoxy groups -OCH3 is 1. The minimum atomic E-state index is -0.484. The number of carbonyl (C=O) groups is 2. The second kappa shape index (κ2) is 8.25. The van der Waals surface area contributed by atoms with Crippen LogP contribution in [-0.4, -0.2) is 55.7 Å². The number of hydrogen-bond acceptors (Lipinski definition) is 4. The summed E-state index contributed by atoms with van der Waals surface area (Å²) in [5, 5.41) is 3.06. The van der Waals surface area contributed by atoms with Gasteiger partial charge in [-0.1, -0.05) is 6.07 Å². The lowest BCUT2D eigenvalue weighted by atomic mass is 9.84. The van der Waals surface area contributed by atoms with E-state index in [1.807, 2.05) is 7.05 Å². The van der Waals surface area contributed by atoms with Crippen molar-refractivity contribution in [3.63, 3.8) is 0 Å². The molecule has 2 aliphatic rings. The van der Waals surface area contributed by atoms with Crippen molar-refractivity contribution in [2.24, 2.45) is 0 Å². The van der Waals surface area contributed by atoms with Gasteiger partial charge in [-0.05, 0) is 43.4 Å². The number of likely N-dealkylation sites (N-methyl/N-ethyl adjacent to an activating group) is 1. The van der Waals surface area contributed by atoms with E-state index >= 15 is 0 Å². The Morgan fingerprint density at radius 1 is 1.48 bits per heavy atom. The fourth-order valence-corrected chi connectivity index (χ4v) is 3.94. The number of carbonyl (C=O) groups excluding carboxylic acids is 2. The largest absolute Gasteiger partial charge is 0.494 e. The Kier molecular flexibility index (Phi) is 5.99. The molecule has 6 nitrogen and oxygen atoms in total. The van der Waals surface area contributed by atoms with E-state index in [-0.39, 0.29) is 23.6 Å². The van der Waals surface area contributed by atoms with Gasteiger partial charge in [-0.15, -0.1) is 0 Å². The van der Waals surface area contributed by atoms with E-state index in [4.69, 9.17) is 9.47 Å². The van der Waals surface area contributed by atoms with E-state index in [2.05, 4.69) is 5.32 Å². The van der Waals surface area contributed by atoms with E-state index in [1.54, 1.807) is 17.0 Å². The summed E-state index contributed by atoms with van der Waals surface area (Å²) in [6.45, 7) is 1.27. The molecule has 27 heavy (non-hydrogen) atoms. The van der Waals surface area contributed by atoms with Crippen LogP contribution in [0.25, 0.3) is 0 Å². The Morgan fingerprint density at radius 2 is 2.30 bits per heavy atom. The summed E-state index contributed by atoms with van der Waals surface area (Å²) in [7, 11) is 3.24. The molecule has 148 valence electrons. The highest BCUT2D eigenvalue weighted by Gasteiger charge is 2.38. The third-order valence-electron chi connectivity index (χ3n) is 5.66.